The number of nitrogens with one attached hydrogen (secondary N) is 1. The van der Waals surface area contributed by atoms with Gasteiger partial charge in [0.25, 0.3) is 0 Å². The number of hydrogen-bond acceptors (Lipinski definition) is 4. The first-order chi connectivity index (χ1) is 13.2. The summed E-state index contributed by atoms with van der Waals surface area (Å²) in [5.74, 6) is -0.0219. The molecule has 6 heteroatoms. The van der Waals surface area contributed by atoms with Gasteiger partial charge >= 0.3 is 0 Å². The molecule has 2 aliphatic heterocycles. The second-order valence-corrected chi connectivity index (χ2v) is 7.11. The molecule has 2 aromatic rings. The number of amides is 2. The molecule has 27 heavy (non-hydrogen) atoms. The maximum atomic E-state index is 12.7. The Bertz CT molecular complexity index is 827. The van der Waals surface area contributed by atoms with Gasteiger partial charge < -0.3 is 15.0 Å². The van der Waals surface area contributed by atoms with E-state index in [2.05, 4.69) is 40.5 Å². The van der Waals surface area contributed by atoms with Crippen molar-refractivity contribution < 1.29 is 14.3 Å². The molecule has 4 rings (SSSR count). The van der Waals surface area contributed by atoms with E-state index in [1.807, 2.05) is 17.0 Å². The van der Waals surface area contributed by atoms with Crippen LogP contribution >= 0.6 is 0 Å². The zero-order valence-corrected chi connectivity index (χ0v) is 15.4. The quantitative estimate of drug-likeness (QED) is 0.887. The van der Waals surface area contributed by atoms with Gasteiger partial charge in [-0.2, -0.15) is 0 Å². The molecule has 0 saturated carbocycles. The van der Waals surface area contributed by atoms with E-state index in [1.165, 1.54) is 16.3 Å². The number of morpholine rings is 1. The smallest absolute Gasteiger partial charge is 0.237 e. The van der Waals surface area contributed by atoms with E-state index < -0.39 is 6.04 Å². The number of benzene rings is 2. The van der Waals surface area contributed by atoms with Crippen LogP contribution in [0.1, 0.15) is 12.0 Å². The van der Waals surface area contributed by atoms with Crippen LogP contribution < -0.4 is 5.32 Å². The second-order valence-electron chi connectivity index (χ2n) is 7.11. The summed E-state index contributed by atoms with van der Waals surface area (Å²) in [7, 11) is 0. The van der Waals surface area contributed by atoms with E-state index in [0.29, 0.717) is 39.4 Å². The summed E-state index contributed by atoms with van der Waals surface area (Å²) in [4.78, 5) is 29.2. The molecule has 142 valence electrons. The predicted octanol–water partition coefficient (Wildman–Crippen LogP) is 1.39. The Balaban J connectivity index is 1.52. The Labute approximate surface area is 159 Å². The van der Waals surface area contributed by atoms with E-state index in [-0.39, 0.29) is 18.2 Å². The molecule has 2 amide bonds. The number of carbonyl (C=O) groups is 2. The number of fused-ring (bicyclic) bond motifs is 1. The van der Waals surface area contributed by atoms with Gasteiger partial charge in [-0.05, 0) is 16.3 Å². The lowest BCUT2D eigenvalue weighted by Crippen LogP contribution is -2.56. The molecule has 0 unspecified atom stereocenters. The van der Waals surface area contributed by atoms with Crippen molar-refractivity contribution >= 4 is 22.6 Å². The highest BCUT2D eigenvalue weighted by Gasteiger charge is 2.33. The van der Waals surface area contributed by atoms with Crippen LogP contribution in [0.5, 0.6) is 0 Å². The Morgan fingerprint density at radius 3 is 2.70 bits per heavy atom. The molecular formula is C21H25N3O3. The van der Waals surface area contributed by atoms with Crippen molar-refractivity contribution in [1.29, 1.82) is 0 Å². The fraction of sp³-hybridized carbons (Fsp3) is 0.429. The van der Waals surface area contributed by atoms with Crippen molar-refractivity contribution in [3.63, 3.8) is 0 Å². The van der Waals surface area contributed by atoms with Crippen LogP contribution in [0.15, 0.2) is 42.5 Å². The van der Waals surface area contributed by atoms with E-state index in [0.717, 1.165) is 6.54 Å². The van der Waals surface area contributed by atoms with Gasteiger partial charge in [-0.15, -0.1) is 0 Å². The van der Waals surface area contributed by atoms with Crippen molar-refractivity contribution in [3.05, 3.63) is 48.0 Å². The Morgan fingerprint density at radius 1 is 1.07 bits per heavy atom. The van der Waals surface area contributed by atoms with E-state index in [4.69, 9.17) is 4.74 Å². The van der Waals surface area contributed by atoms with Crippen molar-refractivity contribution in [2.45, 2.75) is 19.0 Å². The first kappa shape index (κ1) is 17.9. The largest absolute Gasteiger partial charge is 0.378 e. The highest BCUT2D eigenvalue weighted by Crippen LogP contribution is 2.22. The molecule has 2 aromatic carbocycles. The van der Waals surface area contributed by atoms with Gasteiger partial charge in [-0.3, -0.25) is 14.5 Å². The maximum Gasteiger partial charge on any atom is 0.237 e. The average molecular weight is 367 g/mol. The molecular weight excluding hydrogens is 342 g/mol. The third-order valence-electron chi connectivity index (χ3n) is 5.43. The summed E-state index contributed by atoms with van der Waals surface area (Å²) in [5.41, 5.74) is 1.19. The summed E-state index contributed by atoms with van der Waals surface area (Å²) in [6, 6.07) is 14.1. The number of piperazine rings is 1. The summed E-state index contributed by atoms with van der Waals surface area (Å²) in [6.07, 6.45) is 0.219. The molecule has 1 atom stereocenters. The molecule has 0 spiro atoms. The van der Waals surface area contributed by atoms with Gasteiger partial charge in [-0.1, -0.05) is 42.5 Å². The van der Waals surface area contributed by atoms with Gasteiger partial charge in [0.05, 0.1) is 25.7 Å². The van der Waals surface area contributed by atoms with Crippen LogP contribution in [0.3, 0.4) is 0 Å². The first-order valence-electron chi connectivity index (χ1n) is 9.56. The molecule has 2 saturated heterocycles. The number of carbonyl (C=O) groups excluding carboxylic acids is 2. The number of nitrogens with zero attached hydrogens (tertiary/aromatic N) is 2. The fourth-order valence-corrected chi connectivity index (χ4v) is 3.93. The number of hydrogen-bond donors (Lipinski definition) is 1. The molecule has 0 aliphatic carbocycles. The van der Waals surface area contributed by atoms with Gasteiger partial charge in [0, 0.05) is 32.7 Å². The van der Waals surface area contributed by atoms with Crippen LogP contribution in [0.4, 0.5) is 0 Å². The summed E-state index contributed by atoms with van der Waals surface area (Å²) >= 11 is 0. The highest BCUT2D eigenvalue weighted by atomic mass is 16.5. The minimum Gasteiger partial charge on any atom is -0.378 e. The monoisotopic (exact) mass is 367 g/mol. The summed E-state index contributed by atoms with van der Waals surface area (Å²) < 4.78 is 5.32. The third kappa shape index (κ3) is 3.96. The van der Waals surface area contributed by atoms with E-state index in [9.17, 15) is 9.59 Å². The van der Waals surface area contributed by atoms with Crippen LogP contribution in [-0.4, -0.2) is 67.0 Å². The topological polar surface area (TPSA) is 61.9 Å². The molecule has 1 N–H and O–H groups in total. The molecule has 2 aliphatic rings. The zero-order chi connectivity index (χ0) is 18.6. The lowest BCUT2D eigenvalue weighted by Gasteiger charge is -2.36. The number of rotatable bonds is 4. The Kier molecular flexibility index (Phi) is 5.36. The maximum absolute atomic E-state index is 12.7. The fourth-order valence-electron chi connectivity index (χ4n) is 3.93. The lowest BCUT2D eigenvalue weighted by molar-refractivity contribution is -0.141. The van der Waals surface area contributed by atoms with E-state index >= 15 is 0 Å². The number of ether oxygens (including phenoxy) is 1. The Morgan fingerprint density at radius 2 is 1.85 bits per heavy atom. The highest BCUT2D eigenvalue weighted by molar-refractivity contribution is 5.89. The van der Waals surface area contributed by atoms with Gasteiger partial charge in [0.1, 0.15) is 0 Å². The summed E-state index contributed by atoms with van der Waals surface area (Å²) in [6.45, 7) is 4.38. The van der Waals surface area contributed by atoms with Crippen LogP contribution in [0, 0.1) is 0 Å². The molecule has 6 nitrogen and oxygen atoms in total. The normalized spacial score (nSPS) is 21.3. The minimum atomic E-state index is -0.423. The van der Waals surface area contributed by atoms with Crippen LogP contribution in [0.2, 0.25) is 0 Å². The minimum absolute atomic E-state index is 0.0308. The molecule has 0 aromatic heterocycles. The molecule has 2 heterocycles. The SMILES string of the molecule is O=C1NCCN(Cc2cccc3ccccc23)[C@H]1CC(=O)N1CCOCC1. The predicted molar refractivity (Wildman–Crippen MR) is 103 cm³/mol. The lowest BCUT2D eigenvalue weighted by atomic mass is 10.0. The van der Waals surface area contributed by atoms with Crippen molar-refractivity contribution in [3.8, 4) is 0 Å². The Hall–Kier alpha value is -2.44. The van der Waals surface area contributed by atoms with Crippen molar-refractivity contribution in [2.75, 3.05) is 39.4 Å². The average Bonchev–Trinajstić information content (AvgIpc) is 2.71. The standard InChI is InChI=1S/C21H25N3O3/c25-20(23-10-12-27-13-11-23)14-19-21(26)22-8-9-24(19)15-17-6-3-5-16-4-1-2-7-18(16)17/h1-7,19H,8-15H2,(H,22,26)/t19-/m0/s1. The first-order valence-corrected chi connectivity index (χ1v) is 9.56. The van der Waals surface area contributed by atoms with Crippen molar-refractivity contribution in [1.82, 2.24) is 15.1 Å². The van der Waals surface area contributed by atoms with E-state index in [1.54, 1.807) is 0 Å². The molecule has 2 fully saturated rings. The third-order valence-corrected chi connectivity index (χ3v) is 5.43. The van der Waals surface area contributed by atoms with Crippen LogP contribution in [-0.2, 0) is 20.9 Å². The van der Waals surface area contributed by atoms with Gasteiger partial charge in [-0.25, -0.2) is 0 Å². The van der Waals surface area contributed by atoms with Gasteiger partial charge in [0.15, 0.2) is 0 Å². The van der Waals surface area contributed by atoms with Gasteiger partial charge in [0.2, 0.25) is 11.8 Å². The molecule has 0 radical (unpaired) electrons. The second kappa shape index (κ2) is 8.06. The van der Waals surface area contributed by atoms with Crippen LogP contribution in [0.25, 0.3) is 10.8 Å². The zero-order valence-electron chi connectivity index (χ0n) is 15.4. The summed E-state index contributed by atoms with van der Waals surface area (Å²) in [5, 5.41) is 5.31. The van der Waals surface area contributed by atoms with Crippen molar-refractivity contribution in [2.24, 2.45) is 0 Å². The molecule has 0 bridgehead atoms.